The van der Waals surface area contributed by atoms with Crippen LogP contribution in [0.15, 0.2) is 70.6 Å². The predicted octanol–water partition coefficient (Wildman–Crippen LogP) is 3.57. The molecule has 1 aliphatic heterocycles. The van der Waals surface area contributed by atoms with Crippen LogP contribution in [0.2, 0.25) is 0 Å². The number of allylic oxidation sites excluding steroid dienone is 2. The molecule has 6 heteroatoms. The SMILES string of the molecule is CC1=C(C#N)C(c2cccs2)C(C(=O)OCc2ccccc2)=C(N)O1. The molecule has 0 saturated carbocycles. The second-order valence-corrected chi connectivity index (χ2v) is 6.45. The lowest BCUT2D eigenvalue weighted by molar-refractivity contribution is -0.140. The maximum absolute atomic E-state index is 12.7. The van der Waals surface area contributed by atoms with E-state index in [1.807, 2.05) is 47.8 Å². The first kappa shape index (κ1) is 16.8. The lowest BCUT2D eigenvalue weighted by Crippen LogP contribution is -2.26. The Morgan fingerprint density at radius 1 is 1.32 bits per heavy atom. The van der Waals surface area contributed by atoms with E-state index >= 15 is 0 Å². The van der Waals surface area contributed by atoms with Crippen molar-refractivity contribution in [1.29, 1.82) is 5.26 Å². The van der Waals surface area contributed by atoms with E-state index in [-0.39, 0.29) is 18.1 Å². The van der Waals surface area contributed by atoms with Gasteiger partial charge in [0.25, 0.3) is 0 Å². The summed E-state index contributed by atoms with van der Waals surface area (Å²) in [6.45, 7) is 1.79. The largest absolute Gasteiger partial charge is 0.457 e. The predicted molar refractivity (Wildman–Crippen MR) is 93.9 cm³/mol. The Kier molecular flexibility index (Phi) is 4.87. The Morgan fingerprint density at radius 3 is 2.72 bits per heavy atom. The number of carbonyl (C=O) groups excluding carboxylic acids is 1. The molecular formula is C19H16N2O3S. The summed E-state index contributed by atoms with van der Waals surface area (Å²) in [4.78, 5) is 13.5. The molecular weight excluding hydrogens is 336 g/mol. The quantitative estimate of drug-likeness (QED) is 0.850. The molecule has 1 aromatic carbocycles. The summed E-state index contributed by atoms with van der Waals surface area (Å²) >= 11 is 1.45. The third-order valence-electron chi connectivity index (χ3n) is 3.87. The summed E-state index contributed by atoms with van der Waals surface area (Å²) in [5.41, 5.74) is 7.37. The van der Waals surface area contributed by atoms with E-state index in [9.17, 15) is 10.1 Å². The van der Waals surface area contributed by atoms with Crippen LogP contribution in [-0.4, -0.2) is 5.97 Å². The zero-order valence-corrected chi connectivity index (χ0v) is 14.4. The fourth-order valence-corrected chi connectivity index (χ4v) is 3.51. The molecule has 1 aromatic heterocycles. The lowest BCUT2D eigenvalue weighted by atomic mass is 9.88. The molecule has 0 amide bonds. The van der Waals surface area contributed by atoms with Crippen LogP contribution in [-0.2, 0) is 20.9 Å². The zero-order valence-electron chi connectivity index (χ0n) is 13.6. The summed E-state index contributed by atoms with van der Waals surface area (Å²) < 4.78 is 10.8. The van der Waals surface area contributed by atoms with Gasteiger partial charge in [-0.3, -0.25) is 0 Å². The summed E-state index contributed by atoms with van der Waals surface area (Å²) in [6, 6.07) is 15.2. The highest BCUT2D eigenvalue weighted by atomic mass is 32.1. The Morgan fingerprint density at radius 2 is 2.08 bits per heavy atom. The van der Waals surface area contributed by atoms with E-state index in [0.717, 1.165) is 10.4 Å². The monoisotopic (exact) mass is 352 g/mol. The Labute approximate surface area is 149 Å². The van der Waals surface area contributed by atoms with Gasteiger partial charge in [0.1, 0.15) is 17.9 Å². The molecule has 0 saturated heterocycles. The highest BCUT2D eigenvalue weighted by Gasteiger charge is 2.37. The van der Waals surface area contributed by atoms with Gasteiger partial charge >= 0.3 is 5.97 Å². The van der Waals surface area contributed by atoms with E-state index in [0.29, 0.717) is 11.3 Å². The average Bonchev–Trinajstić information content (AvgIpc) is 3.14. The minimum atomic E-state index is -0.583. The first-order valence-corrected chi connectivity index (χ1v) is 8.52. The number of nitriles is 1. The minimum absolute atomic E-state index is 0.0204. The Hall–Kier alpha value is -3.04. The molecule has 1 atom stereocenters. The molecule has 1 aliphatic rings. The van der Waals surface area contributed by atoms with Gasteiger partial charge in [-0.2, -0.15) is 5.26 Å². The topological polar surface area (TPSA) is 85.3 Å². The molecule has 2 N–H and O–H groups in total. The zero-order chi connectivity index (χ0) is 17.8. The highest BCUT2D eigenvalue weighted by Crippen LogP contribution is 2.41. The standard InChI is InChI=1S/C19H16N2O3S/c1-12-14(10-20)16(15-8-5-9-25-15)17(18(21)24-12)19(22)23-11-13-6-3-2-4-7-13/h2-9,16H,11,21H2,1H3. The van der Waals surface area contributed by atoms with E-state index in [1.54, 1.807) is 6.92 Å². The van der Waals surface area contributed by atoms with Crippen molar-refractivity contribution in [1.82, 2.24) is 0 Å². The molecule has 0 bridgehead atoms. The average molecular weight is 352 g/mol. The van der Waals surface area contributed by atoms with Gasteiger partial charge in [0.15, 0.2) is 0 Å². The van der Waals surface area contributed by atoms with Gasteiger partial charge in [0, 0.05) is 4.88 Å². The first-order chi connectivity index (χ1) is 12.1. The molecule has 2 heterocycles. The second-order valence-electron chi connectivity index (χ2n) is 5.47. The van der Waals surface area contributed by atoms with E-state index < -0.39 is 11.9 Å². The molecule has 25 heavy (non-hydrogen) atoms. The van der Waals surface area contributed by atoms with Gasteiger partial charge in [0.2, 0.25) is 5.88 Å². The van der Waals surface area contributed by atoms with Gasteiger partial charge in [0.05, 0.1) is 17.6 Å². The number of rotatable bonds is 4. The van der Waals surface area contributed by atoms with Crippen molar-refractivity contribution >= 4 is 17.3 Å². The van der Waals surface area contributed by atoms with Crippen LogP contribution < -0.4 is 5.73 Å². The third-order valence-corrected chi connectivity index (χ3v) is 4.80. The van der Waals surface area contributed by atoms with E-state index in [2.05, 4.69) is 6.07 Å². The first-order valence-electron chi connectivity index (χ1n) is 7.64. The smallest absolute Gasteiger partial charge is 0.340 e. The fourth-order valence-electron chi connectivity index (χ4n) is 2.67. The molecule has 0 aliphatic carbocycles. The van der Waals surface area contributed by atoms with Crippen LogP contribution in [0.5, 0.6) is 0 Å². The number of esters is 1. The number of nitrogens with two attached hydrogens (primary N) is 1. The second kappa shape index (κ2) is 7.24. The van der Waals surface area contributed by atoms with E-state index in [4.69, 9.17) is 15.2 Å². The van der Waals surface area contributed by atoms with Crippen LogP contribution >= 0.6 is 11.3 Å². The van der Waals surface area contributed by atoms with Crippen LogP contribution in [0.1, 0.15) is 23.3 Å². The van der Waals surface area contributed by atoms with Gasteiger partial charge in [-0.15, -0.1) is 11.3 Å². The summed E-state index contributed by atoms with van der Waals surface area (Å²) in [5.74, 6) is -0.770. The van der Waals surface area contributed by atoms with Crippen LogP contribution in [0.4, 0.5) is 0 Å². The number of hydrogen-bond donors (Lipinski definition) is 1. The number of thiophene rings is 1. The van der Waals surface area contributed by atoms with Gasteiger partial charge in [-0.25, -0.2) is 4.79 Å². The van der Waals surface area contributed by atoms with E-state index in [1.165, 1.54) is 11.3 Å². The fraction of sp³-hybridized carbons (Fsp3) is 0.158. The maximum Gasteiger partial charge on any atom is 0.340 e. The molecule has 0 spiro atoms. The van der Waals surface area contributed by atoms with Crippen molar-refractivity contribution in [3.05, 3.63) is 81.1 Å². The summed E-state index contributed by atoms with van der Waals surface area (Å²) in [7, 11) is 0. The third kappa shape index (κ3) is 3.42. The van der Waals surface area contributed by atoms with Gasteiger partial charge in [-0.05, 0) is 23.9 Å². The van der Waals surface area contributed by atoms with Crippen molar-refractivity contribution in [3.8, 4) is 6.07 Å². The molecule has 2 aromatic rings. The van der Waals surface area contributed by atoms with Crippen molar-refractivity contribution in [2.24, 2.45) is 5.73 Å². The van der Waals surface area contributed by atoms with Crippen LogP contribution in [0, 0.1) is 11.3 Å². The normalized spacial score (nSPS) is 17.0. The number of hydrogen-bond acceptors (Lipinski definition) is 6. The maximum atomic E-state index is 12.7. The van der Waals surface area contributed by atoms with Crippen molar-refractivity contribution in [2.45, 2.75) is 19.4 Å². The van der Waals surface area contributed by atoms with Crippen molar-refractivity contribution in [2.75, 3.05) is 0 Å². The minimum Gasteiger partial charge on any atom is -0.457 e. The molecule has 0 radical (unpaired) electrons. The summed E-state index contributed by atoms with van der Waals surface area (Å²) in [6.07, 6.45) is 0. The Bertz CT molecular complexity index is 877. The molecule has 1 unspecified atom stereocenters. The van der Waals surface area contributed by atoms with Gasteiger partial charge < -0.3 is 15.2 Å². The molecule has 3 rings (SSSR count). The van der Waals surface area contributed by atoms with Gasteiger partial charge in [-0.1, -0.05) is 36.4 Å². The van der Waals surface area contributed by atoms with Crippen molar-refractivity contribution < 1.29 is 14.3 Å². The molecule has 126 valence electrons. The highest BCUT2D eigenvalue weighted by molar-refractivity contribution is 7.10. The molecule has 0 fully saturated rings. The number of carbonyl (C=O) groups is 1. The van der Waals surface area contributed by atoms with Crippen LogP contribution in [0.25, 0.3) is 0 Å². The number of benzene rings is 1. The van der Waals surface area contributed by atoms with Crippen LogP contribution in [0.3, 0.4) is 0 Å². The molecule has 5 nitrogen and oxygen atoms in total. The number of nitrogens with zero attached hydrogens (tertiary/aromatic N) is 1. The lowest BCUT2D eigenvalue weighted by Gasteiger charge is -2.25. The Balaban J connectivity index is 1.90. The summed E-state index contributed by atoms with van der Waals surface area (Å²) in [5, 5.41) is 11.4. The van der Waals surface area contributed by atoms with Crippen molar-refractivity contribution in [3.63, 3.8) is 0 Å². The number of ether oxygens (including phenoxy) is 2.